The molecule has 6 nitrogen and oxygen atoms in total. The van der Waals surface area contributed by atoms with Crippen molar-refractivity contribution in [3.05, 3.63) is 35.7 Å². The molecule has 6 heteroatoms. The van der Waals surface area contributed by atoms with Gasteiger partial charge in [0.2, 0.25) is 0 Å². The highest BCUT2D eigenvalue weighted by Crippen LogP contribution is 2.40. The van der Waals surface area contributed by atoms with Gasteiger partial charge in [-0.25, -0.2) is 19.9 Å². The van der Waals surface area contributed by atoms with Gasteiger partial charge in [0.25, 0.3) is 0 Å². The van der Waals surface area contributed by atoms with Crippen molar-refractivity contribution < 1.29 is 0 Å². The number of rotatable bonds is 3. The summed E-state index contributed by atoms with van der Waals surface area (Å²) in [5.74, 6) is 5.25. The van der Waals surface area contributed by atoms with Crippen LogP contribution in [0.15, 0.2) is 18.5 Å². The Balaban J connectivity index is 1.31. The number of hydrogen-bond acceptors (Lipinski definition) is 6. The SMILES string of the molecule is Cc1cc(N2CC3CN(c4cc(C)nc(C5CC5)n4)CC3C2)ncn1. The van der Waals surface area contributed by atoms with Crippen LogP contribution in [0.5, 0.6) is 0 Å². The zero-order valence-corrected chi connectivity index (χ0v) is 14.9. The summed E-state index contributed by atoms with van der Waals surface area (Å²) in [5.41, 5.74) is 2.13. The van der Waals surface area contributed by atoms with E-state index in [0.717, 1.165) is 55.0 Å². The van der Waals surface area contributed by atoms with E-state index in [1.165, 1.54) is 12.8 Å². The fraction of sp³-hybridized carbons (Fsp3) is 0.579. The first-order valence-electron chi connectivity index (χ1n) is 9.30. The van der Waals surface area contributed by atoms with Crippen LogP contribution in [-0.4, -0.2) is 46.1 Å². The molecule has 2 saturated heterocycles. The van der Waals surface area contributed by atoms with Crippen LogP contribution in [0.2, 0.25) is 0 Å². The maximum Gasteiger partial charge on any atom is 0.134 e. The molecular weight excluding hydrogens is 312 g/mol. The zero-order chi connectivity index (χ0) is 17.0. The van der Waals surface area contributed by atoms with Gasteiger partial charge in [0, 0.05) is 67.5 Å². The van der Waals surface area contributed by atoms with E-state index in [1.807, 2.05) is 6.92 Å². The van der Waals surface area contributed by atoms with Gasteiger partial charge in [-0.2, -0.15) is 0 Å². The Labute approximate surface area is 148 Å². The summed E-state index contributed by atoms with van der Waals surface area (Å²) >= 11 is 0. The van der Waals surface area contributed by atoms with Crippen molar-refractivity contribution in [3.8, 4) is 0 Å². The maximum absolute atomic E-state index is 4.87. The quantitative estimate of drug-likeness (QED) is 0.857. The first kappa shape index (κ1) is 15.0. The lowest BCUT2D eigenvalue weighted by molar-refractivity contribution is 0.533. The van der Waals surface area contributed by atoms with E-state index in [1.54, 1.807) is 6.33 Å². The number of aryl methyl sites for hydroxylation is 2. The van der Waals surface area contributed by atoms with Crippen LogP contribution in [0, 0.1) is 25.7 Å². The zero-order valence-electron chi connectivity index (χ0n) is 14.9. The number of fused-ring (bicyclic) bond motifs is 1. The fourth-order valence-electron chi connectivity index (χ4n) is 4.24. The van der Waals surface area contributed by atoms with Gasteiger partial charge < -0.3 is 9.80 Å². The minimum absolute atomic E-state index is 0.609. The lowest BCUT2D eigenvalue weighted by atomic mass is 10.0. The Morgan fingerprint density at radius 1 is 0.800 bits per heavy atom. The monoisotopic (exact) mass is 336 g/mol. The average molecular weight is 336 g/mol. The molecule has 0 radical (unpaired) electrons. The van der Waals surface area contributed by atoms with E-state index in [9.17, 15) is 0 Å². The van der Waals surface area contributed by atoms with Crippen LogP contribution in [-0.2, 0) is 0 Å². The second kappa shape index (κ2) is 5.64. The summed E-state index contributed by atoms with van der Waals surface area (Å²) in [7, 11) is 0. The van der Waals surface area contributed by atoms with E-state index in [-0.39, 0.29) is 0 Å². The molecule has 3 aliphatic rings. The average Bonchev–Trinajstić information content (AvgIpc) is 3.24. The predicted octanol–water partition coefficient (Wildman–Crippen LogP) is 2.33. The molecule has 2 aliphatic heterocycles. The van der Waals surface area contributed by atoms with Gasteiger partial charge >= 0.3 is 0 Å². The topological polar surface area (TPSA) is 58.0 Å². The molecule has 0 spiro atoms. The van der Waals surface area contributed by atoms with Crippen molar-refractivity contribution in [3.63, 3.8) is 0 Å². The van der Waals surface area contributed by atoms with Gasteiger partial charge in [0.15, 0.2) is 0 Å². The van der Waals surface area contributed by atoms with E-state index in [4.69, 9.17) is 4.98 Å². The highest BCUT2D eigenvalue weighted by molar-refractivity contribution is 5.46. The molecule has 0 N–H and O–H groups in total. The maximum atomic E-state index is 4.87. The molecule has 3 fully saturated rings. The second-order valence-corrected chi connectivity index (χ2v) is 7.85. The van der Waals surface area contributed by atoms with Gasteiger partial charge in [-0.15, -0.1) is 0 Å². The standard InChI is InChI=1S/C19H24N6/c1-12-5-17(21-11-20-12)24-7-15-9-25(10-16(15)8-24)18-6-13(2)22-19(23-18)14-3-4-14/h5-6,11,14-16H,3-4,7-10H2,1-2H3. The molecule has 2 aromatic heterocycles. The van der Waals surface area contributed by atoms with Crippen LogP contribution in [0.25, 0.3) is 0 Å². The van der Waals surface area contributed by atoms with Crippen LogP contribution < -0.4 is 9.80 Å². The number of nitrogens with zero attached hydrogens (tertiary/aromatic N) is 6. The smallest absolute Gasteiger partial charge is 0.134 e. The highest BCUT2D eigenvalue weighted by atomic mass is 15.3. The summed E-state index contributed by atoms with van der Waals surface area (Å²) in [6.07, 6.45) is 4.18. The highest BCUT2D eigenvalue weighted by Gasteiger charge is 2.41. The molecule has 2 unspecified atom stereocenters. The molecule has 2 aromatic rings. The van der Waals surface area contributed by atoms with E-state index < -0.39 is 0 Å². The minimum Gasteiger partial charge on any atom is -0.356 e. The molecule has 0 amide bonds. The molecule has 2 atom stereocenters. The Bertz CT molecular complexity index is 788. The predicted molar refractivity (Wildman–Crippen MR) is 96.9 cm³/mol. The third-order valence-corrected chi connectivity index (χ3v) is 5.72. The Morgan fingerprint density at radius 2 is 1.44 bits per heavy atom. The van der Waals surface area contributed by atoms with Crippen LogP contribution in [0.3, 0.4) is 0 Å². The summed E-state index contributed by atoms with van der Waals surface area (Å²) in [4.78, 5) is 23.1. The van der Waals surface area contributed by atoms with Gasteiger partial charge in [0.1, 0.15) is 23.8 Å². The Morgan fingerprint density at radius 3 is 2.08 bits per heavy atom. The van der Waals surface area contributed by atoms with Gasteiger partial charge in [-0.1, -0.05) is 0 Å². The third-order valence-electron chi connectivity index (χ3n) is 5.72. The molecule has 25 heavy (non-hydrogen) atoms. The molecule has 1 saturated carbocycles. The molecule has 4 heterocycles. The van der Waals surface area contributed by atoms with Crippen LogP contribution >= 0.6 is 0 Å². The van der Waals surface area contributed by atoms with Crippen molar-refractivity contribution in [2.24, 2.45) is 11.8 Å². The van der Waals surface area contributed by atoms with Crippen LogP contribution in [0.1, 0.15) is 36.0 Å². The van der Waals surface area contributed by atoms with E-state index in [2.05, 4.69) is 43.8 Å². The molecule has 130 valence electrons. The molecule has 0 bridgehead atoms. The number of hydrogen-bond donors (Lipinski definition) is 0. The van der Waals surface area contributed by atoms with Crippen molar-refractivity contribution in [1.29, 1.82) is 0 Å². The number of anilines is 2. The lowest BCUT2D eigenvalue weighted by Crippen LogP contribution is -2.30. The Hall–Kier alpha value is -2.24. The van der Waals surface area contributed by atoms with Crippen molar-refractivity contribution in [2.75, 3.05) is 36.0 Å². The summed E-state index contributed by atoms with van der Waals surface area (Å²) in [5, 5.41) is 0. The number of aromatic nitrogens is 4. The summed E-state index contributed by atoms with van der Waals surface area (Å²) in [6.45, 7) is 8.46. The lowest BCUT2D eigenvalue weighted by Gasteiger charge is -2.23. The van der Waals surface area contributed by atoms with E-state index in [0.29, 0.717) is 17.8 Å². The first-order chi connectivity index (χ1) is 12.2. The molecule has 0 aromatic carbocycles. The van der Waals surface area contributed by atoms with Gasteiger partial charge in [-0.05, 0) is 26.7 Å². The minimum atomic E-state index is 0.609. The normalized spacial score (nSPS) is 25.5. The summed E-state index contributed by atoms with van der Waals surface area (Å²) < 4.78 is 0. The largest absolute Gasteiger partial charge is 0.356 e. The molecule has 1 aliphatic carbocycles. The molecular formula is C19H24N6. The van der Waals surface area contributed by atoms with Gasteiger partial charge in [-0.3, -0.25) is 0 Å². The van der Waals surface area contributed by atoms with E-state index >= 15 is 0 Å². The Kier molecular flexibility index (Phi) is 3.40. The first-order valence-corrected chi connectivity index (χ1v) is 9.30. The molecule has 5 rings (SSSR count). The van der Waals surface area contributed by atoms with Gasteiger partial charge in [0.05, 0.1) is 0 Å². The second-order valence-electron chi connectivity index (χ2n) is 7.85. The van der Waals surface area contributed by atoms with Crippen molar-refractivity contribution in [2.45, 2.75) is 32.6 Å². The van der Waals surface area contributed by atoms with Crippen molar-refractivity contribution in [1.82, 2.24) is 19.9 Å². The van der Waals surface area contributed by atoms with Crippen molar-refractivity contribution >= 4 is 11.6 Å². The van der Waals surface area contributed by atoms with Crippen LogP contribution in [0.4, 0.5) is 11.6 Å². The third kappa shape index (κ3) is 2.83. The summed E-state index contributed by atoms with van der Waals surface area (Å²) in [6, 6.07) is 4.24. The fourth-order valence-corrected chi connectivity index (χ4v) is 4.24.